The van der Waals surface area contributed by atoms with Gasteiger partial charge in [-0.15, -0.1) is 0 Å². The van der Waals surface area contributed by atoms with Crippen molar-refractivity contribution in [2.75, 3.05) is 42.9 Å². The van der Waals surface area contributed by atoms with E-state index < -0.39 is 6.10 Å². The Hall–Kier alpha value is -4.09. The molecule has 2 fully saturated rings. The monoisotopic (exact) mass is 602 g/mol. The first-order chi connectivity index (χ1) is 21.3. The predicted octanol–water partition coefficient (Wildman–Crippen LogP) is 3.00. The number of carbonyl (C=O) groups is 2. The van der Waals surface area contributed by atoms with Crippen LogP contribution in [0.4, 0.5) is 11.4 Å². The second-order valence-electron chi connectivity index (χ2n) is 12.1. The molecule has 2 atom stereocenters. The number of likely N-dealkylation sites (tertiary alicyclic amines) is 1. The van der Waals surface area contributed by atoms with Crippen LogP contribution in [-0.4, -0.2) is 77.7 Å². The van der Waals surface area contributed by atoms with E-state index in [4.69, 9.17) is 9.15 Å². The average Bonchev–Trinajstić information content (AvgIpc) is 3.44. The van der Waals surface area contributed by atoms with Gasteiger partial charge in [-0.2, -0.15) is 0 Å². The summed E-state index contributed by atoms with van der Waals surface area (Å²) in [5.41, 5.74) is 5.53. The van der Waals surface area contributed by atoms with Crippen LogP contribution in [0.5, 0.6) is 5.75 Å². The molecular formula is C33H42N6O5. The molecular weight excluding hydrogens is 560 g/mol. The lowest BCUT2D eigenvalue weighted by Gasteiger charge is -2.39. The van der Waals surface area contributed by atoms with Gasteiger partial charge in [-0.05, 0) is 74.1 Å². The SMILES string of the molecule is CC(=O)N1CC(Nc2cc(C(=O)NC[C@@H](O)[C@@H]3Cc4ccc(OCc5ocnc5C)cc4CN3)cc(N3CCCCC3)c2)C1. The Morgan fingerprint density at radius 3 is 2.70 bits per heavy atom. The minimum atomic E-state index is -0.757. The van der Waals surface area contributed by atoms with Crippen LogP contribution in [0.25, 0.3) is 0 Å². The topological polar surface area (TPSA) is 132 Å². The fraction of sp³-hybridized carbons (Fsp3) is 0.485. The number of benzene rings is 2. The van der Waals surface area contributed by atoms with E-state index >= 15 is 0 Å². The summed E-state index contributed by atoms with van der Waals surface area (Å²) in [4.78, 5) is 33.2. The van der Waals surface area contributed by atoms with Crippen molar-refractivity contribution in [3.63, 3.8) is 0 Å². The smallest absolute Gasteiger partial charge is 0.251 e. The molecule has 234 valence electrons. The van der Waals surface area contributed by atoms with Crippen molar-refractivity contribution in [1.82, 2.24) is 20.5 Å². The van der Waals surface area contributed by atoms with E-state index in [1.165, 1.54) is 12.8 Å². The Kier molecular flexibility index (Phi) is 9.04. The van der Waals surface area contributed by atoms with Crippen LogP contribution in [0.15, 0.2) is 47.2 Å². The van der Waals surface area contributed by atoms with Gasteiger partial charge in [0.25, 0.3) is 5.91 Å². The lowest BCUT2D eigenvalue weighted by molar-refractivity contribution is -0.132. The quantitative estimate of drug-likeness (QED) is 0.277. The first kappa shape index (κ1) is 30.0. The van der Waals surface area contributed by atoms with E-state index in [2.05, 4.69) is 31.9 Å². The molecule has 3 aliphatic heterocycles. The molecule has 11 nitrogen and oxygen atoms in total. The molecule has 2 saturated heterocycles. The molecule has 0 bridgehead atoms. The van der Waals surface area contributed by atoms with E-state index in [0.29, 0.717) is 44.0 Å². The third-order valence-electron chi connectivity index (χ3n) is 8.92. The number of hydrogen-bond acceptors (Lipinski definition) is 9. The number of aliphatic hydroxyl groups is 1. The number of aromatic nitrogens is 1. The maximum atomic E-state index is 13.4. The molecule has 6 rings (SSSR count). The first-order valence-corrected chi connectivity index (χ1v) is 15.6. The molecule has 0 spiro atoms. The number of amides is 2. The van der Waals surface area contributed by atoms with E-state index in [9.17, 15) is 14.7 Å². The van der Waals surface area contributed by atoms with Gasteiger partial charge in [-0.1, -0.05) is 6.07 Å². The third kappa shape index (κ3) is 7.00. The fourth-order valence-corrected chi connectivity index (χ4v) is 6.16. The van der Waals surface area contributed by atoms with Gasteiger partial charge in [0.05, 0.1) is 17.8 Å². The molecule has 11 heteroatoms. The van der Waals surface area contributed by atoms with Gasteiger partial charge >= 0.3 is 0 Å². The first-order valence-electron chi connectivity index (χ1n) is 15.6. The van der Waals surface area contributed by atoms with Crippen LogP contribution < -0.4 is 25.6 Å². The number of ether oxygens (including phenoxy) is 1. The Bertz CT molecular complexity index is 1480. The van der Waals surface area contributed by atoms with Gasteiger partial charge in [0.2, 0.25) is 5.91 Å². The lowest BCUT2D eigenvalue weighted by atomic mass is 9.92. The number of aliphatic hydroxyl groups excluding tert-OH is 1. The zero-order valence-electron chi connectivity index (χ0n) is 25.5. The van der Waals surface area contributed by atoms with Crippen LogP contribution in [0.1, 0.15) is 59.1 Å². The number of fused-ring (bicyclic) bond motifs is 1. The number of oxazole rings is 1. The van der Waals surface area contributed by atoms with Crippen molar-refractivity contribution in [1.29, 1.82) is 0 Å². The van der Waals surface area contributed by atoms with Crippen molar-refractivity contribution in [2.45, 2.75) is 70.9 Å². The number of anilines is 2. The van der Waals surface area contributed by atoms with Gasteiger partial charge in [-0.3, -0.25) is 9.59 Å². The summed E-state index contributed by atoms with van der Waals surface area (Å²) in [6.07, 6.45) is 4.80. The summed E-state index contributed by atoms with van der Waals surface area (Å²) in [5.74, 6) is 1.32. The number of aryl methyl sites for hydroxylation is 1. The number of carbonyl (C=O) groups excluding carboxylic acids is 2. The lowest BCUT2D eigenvalue weighted by Crippen LogP contribution is -2.56. The molecule has 0 unspecified atom stereocenters. The van der Waals surface area contributed by atoms with Crippen molar-refractivity contribution >= 4 is 23.2 Å². The number of rotatable bonds is 10. The van der Waals surface area contributed by atoms with Crippen molar-refractivity contribution < 1.29 is 23.8 Å². The molecule has 44 heavy (non-hydrogen) atoms. The standard InChI is InChI=1S/C33H42N6O5/c1-21-32(44-20-36-21)19-43-29-7-6-23-13-30(34-15-25(23)12-29)31(41)16-35-33(42)24-10-26(37-27-17-39(18-27)22(2)40)14-28(11-24)38-8-4-3-5-9-38/h6-7,10-12,14,20,27,30-31,34,37,41H,3-5,8-9,13,15-19H2,1-2H3,(H,35,42)/t30-,31+/m0/s1. The van der Waals surface area contributed by atoms with Crippen LogP contribution in [0, 0.1) is 6.92 Å². The molecule has 3 aliphatic rings. The number of hydrogen-bond donors (Lipinski definition) is 4. The summed E-state index contributed by atoms with van der Waals surface area (Å²) in [7, 11) is 0. The normalized spacial score (nSPS) is 19.1. The maximum Gasteiger partial charge on any atom is 0.251 e. The average molecular weight is 603 g/mol. The highest BCUT2D eigenvalue weighted by atomic mass is 16.5. The van der Waals surface area contributed by atoms with Crippen LogP contribution >= 0.6 is 0 Å². The van der Waals surface area contributed by atoms with Gasteiger partial charge in [0.15, 0.2) is 12.2 Å². The fourth-order valence-electron chi connectivity index (χ4n) is 6.16. The van der Waals surface area contributed by atoms with Crippen molar-refractivity contribution in [3.8, 4) is 5.75 Å². The molecule has 1 aromatic heterocycles. The highest BCUT2D eigenvalue weighted by Gasteiger charge is 2.29. The highest BCUT2D eigenvalue weighted by molar-refractivity contribution is 5.96. The van der Waals surface area contributed by atoms with Gasteiger partial charge in [0.1, 0.15) is 12.4 Å². The predicted molar refractivity (Wildman–Crippen MR) is 167 cm³/mol. The van der Waals surface area contributed by atoms with Crippen LogP contribution in [-0.2, 0) is 24.4 Å². The van der Waals surface area contributed by atoms with Gasteiger partial charge in [0, 0.05) is 69.2 Å². The molecule has 0 radical (unpaired) electrons. The summed E-state index contributed by atoms with van der Waals surface area (Å²) < 4.78 is 11.3. The largest absolute Gasteiger partial charge is 0.486 e. The molecule has 4 heterocycles. The van der Waals surface area contributed by atoms with Crippen LogP contribution in [0.2, 0.25) is 0 Å². The Labute approximate surface area is 258 Å². The summed E-state index contributed by atoms with van der Waals surface area (Å²) in [5, 5.41) is 20.9. The molecule has 3 aromatic rings. The second-order valence-corrected chi connectivity index (χ2v) is 12.1. The minimum absolute atomic E-state index is 0.0765. The third-order valence-corrected chi connectivity index (χ3v) is 8.92. The minimum Gasteiger partial charge on any atom is -0.486 e. The molecule has 0 saturated carbocycles. The van der Waals surface area contributed by atoms with Crippen molar-refractivity contribution in [2.24, 2.45) is 0 Å². The Morgan fingerprint density at radius 1 is 1.14 bits per heavy atom. The van der Waals surface area contributed by atoms with Crippen molar-refractivity contribution in [3.05, 3.63) is 70.9 Å². The zero-order valence-corrected chi connectivity index (χ0v) is 25.5. The molecule has 4 N–H and O–H groups in total. The summed E-state index contributed by atoms with van der Waals surface area (Å²) in [6, 6.07) is 11.9. The van der Waals surface area contributed by atoms with E-state index in [-0.39, 0.29) is 30.4 Å². The van der Waals surface area contributed by atoms with E-state index in [0.717, 1.165) is 59.9 Å². The Morgan fingerprint density at radius 2 is 1.95 bits per heavy atom. The van der Waals surface area contributed by atoms with Crippen LogP contribution in [0.3, 0.4) is 0 Å². The summed E-state index contributed by atoms with van der Waals surface area (Å²) >= 11 is 0. The maximum absolute atomic E-state index is 13.4. The second kappa shape index (κ2) is 13.3. The molecule has 0 aliphatic carbocycles. The van der Waals surface area contributed by atoms with Gasteiger partial charge in [-0.25, -0.2) is 4.98 Å². The zero-order chi connectivity index (χ0) is 30.6. The summed E-state index contributed by atoms with van der Waals surface area (Å²) in [6.45, 7) is 7.76. The number of piperidine rings is 1. The molecule has 2 amide bonds. The van der Waals surface area contributed by atoms with E-state index in [1.807, 2.05) is 37.3 Å². The number of nitrogens with one attached hydrogen (secondary N) is 3. The highest BCUT2D eigenvalue weighted by Crippen LogP contribution is 2.28. The van der Waals surface area contributed by atoms with E-state index in [1.54, 1.807) is 11.8 Å². The van der Waals surface area contributed by atoms with Gasteiger partial charge < -0.3 is 40.0 Å². The molecule has 2 aromatic carbocycles. The Balaban J connectivity index is 1.05. The number of nitrogens with zero attached hydrogens (tertiary/aromatic N) is 3.